The van der Waals surface area contributed by atoms with Gasteiger partial charge in [0.25, 0.3) is 0 Å². The van der Waals surface area contributed by atoms with Gasteiger partial charge >= 0.3 is 0 Å². The van der Waals surface area contributed by atoms with Crippen LogP contribution >= 0.6 is 0 Å². The fourth-order valence-electron chi connectivity index (χ4n) is 1.25. The molecule has 1 nitrogen and oxygen atoms in total. The van der Waals surface area contributed by atoms with Crippen molar-refractivity contribution in [2.75, 3.05) is 6.54 Å². The molecule has 0 amide bonds. The van der Waals surface area contributed by atoms with E-state index in [1.807, 2.05) is 0 Å². The number of rotatable bonds is 3. The molecule has 1 aliphatic heterocycles. The van der Waals surface area contributed by atoms with Crippen molar-refractivity contribution >= 4 is 0 Å². The lowest BCUT2D eigenvalue weighted by molar-refractivity contribution is 0.217. The van der Waals surface area contributed by atoms with Crippen molar-refractivity contribution in [3.05, 3.63) is 12.2 Å². The summed E-state index contributed by atoms with van der Waals surface area (Å²) < 4.78 is 0. The van der Waals surface area contributed by atoms with Gasteiger partial charge in [-0.05, 0) is 39.7 Å². The topological polar surface area (TPSA) is 12.0 Å². The molecule has 0 aromatic heterocycles. The smallest absolute Gasteiger partial charge is 0.0168 e. The number of hydrogen-bond donors (Lipinski definition) is 1. The molecule has 1 N–H and O–H groups in total. The lowest BCUT2D eigenvalue weighted by Gasteiger charge is -2.40. The van der Waals surface area contributed by atoms with Crippen LogP contribution in [0, 0.1) is 0 Å². The van der Waals surface area contributed by atoms with Crippen LogP contribution in [-0.2, 0) is 0 Å². The van der Waals surface area contributed by atoms with Crippen molar-refractivity contribution in [3.63, 3.8) is 0 Å². The van der Waals surface area contributed by atoms with Crippen molar-refractivity contribution in [1.82, 2.24) is 5.32 Å². The molecule has 0 bridgehead atoms. The van der Waals surface area contributed by atoms with Gasteiger partial charge in [-0.15, -0.1) is 6.58 Å². The summed E-state index contributed by atoms with van der Waals surface area (Å²) in [6.07, 6.45) is 3.76. The van der Waals surface area contributed by atoms with E-state index in [1.165, 1.54) is 31.4 Å². The Labute approximate surface area is 63.5 Å². The third kappa shape index (κ3) is 1.84. The zero-order chi connectivity index (χ0) is 7.61. The van der Waals surface area contributed by atoms with Gasteiger partial charge in [-0.2, -0.15) is 0 Å². The average Bonchev–Trinajstić information content (AvgIpc) is 1.79. The van der Waals surface area contributed by atoms with E-state index in [-0.39, 0.29) is 0 Å². The number of allylic oxidation sites excluding steroid dienone is 1. The lowest BCUT2D eigenvalue weighted by Crippen LogP contribution is -2.54. The van der Waals surface area contributed by atoms with E-state index in [2.05, 4.69) is 25.7 Å². The van der Waals surface area contributed by atoms with Gasteiger partial charge in [0.2, 0.25) is 0 Å². The first-order valence-electron chi connectivity index (χ1n) is 4.02. The Bertz CT molecular complexity index is 134. The zero-order valence-corrected chi connectivity index (χ0v) is 7.04. The van der Waals surface area contributed by atoms with Crippen molar-refractivity contribution < 1.29 is 0 Å². The molecule has 0 aromatic carbocycles. The van der Waals surface area contributed by atoms with E-state index in [9.17, 15) is 0 Å². The second kappa shape index (κ2) is 2.75. The van der Waals surface area contributed by atoms with Crippen LogP contribution in [0.15, 0.2) is 12.2 Å². The molecule has 1 fully saturated rings. The molecular weight excluding hydrogens is 122 g/mol. The Morgan fingerprint density at radius 1 is 1.70 bits per heavy atom. The van der Waals surface area contributed by atoms with Crippen LogP contribution < -0.4 is 5.32 Å². The van der Waals surface area contributed by atoms with E-state index in [0.717, 1.165) is 0 Å². The van der Waals surface area contributed by atoms with Gasteiger partial charge in [0, 0.05) is 5.54 Å². The van der Waals surface area contributed by atoms with Crippen LogP contribution in [0.2, 0.25) is 0 Å². The minimum atomic E-state index is 0.443. The molecule has 0 radical (unpaired) electrons. The highest BCUT2D eigenvalue weighted by atomic mass is 15.0. The maximum Gasteiger partial charge on any atom is 0.0168 e. The Morgan fingerprint density at radius 2 is 2.30 bits per heavy atom. The fraction of sp³-hybridized carbons (Fsp3) is 0.778. The first-order valence-corrected chi connectivity index (χ1v) is 4.02. The molecule has 1 atom stereocenters. The van der Waals surface area contributed by atoms with Crippen LogP contribution in [0.5, 0.6) is 0 Å². The number of hydrogen-bond acceptors (Lipinski definition) is 1. The highest BCUT2D eigenvalue weighted by Crippen LogP contribution is 2.24. The van der Waals surface area contributed by atoms with Crippen molar-refractivity contribution in [2.24, 2.45) is 0 Å². The maximum atomic E-state index is 3.89. The second-order valence-corrected chi connectivity index (χ2v) is 3.69. The van der Waals surface area contributed by atoms with Gasteiger partial charge in [-0.3, -0.25) is 0 Å². The Balaban J connectivity index is 2.18. The normalized spacial score (nSPS) is 31.4. The van der Waals surface area contributed by atoms with Crippen LogP contribution in [0.25, 0.3) is 0 Å². The lowest BCUT2D eigenvalue weighted by atomic mass is 9.84. The van der Waals surface area contributed by atoms with Crippen LogP contribution in [0.3, 0.4) is 0 Å². The molecule has 1 aliphatic rings. The summed E-state index contributed by atoms with van der Waals surface area (Å²) in [5.41, 5.74) is 1.74. The zero-order valence-electron chi connectivity index (χ0n) is 7.04. The van der Waals surface area contributed by atoms with E-state index in [4.69, 9.17) is 0 Å². The van der Waals surface area contributed by atoms with Crippen molar-refractivity contribution in [3.8, 4) is 0 Å². The molecule has 1 unspecified atom stereocenters. The Hall–Kier alpha value is -0.300. The summed E-state index contributed by atoms with van der Waals surface area (Å²) in [5.74, 6) is 0. The van der Waals surface area contributed by atoms with E-state index < -0.39 is 0 Å². The monoisotopic (exact) mass is 139 g/mol. The molecule has 1 saturated heterocycles. The van der Waals surface area contributed by atoms with Crippen LogP contribution in [0.4, 0.5) is 0 Å². The predicted octanol–water partition coefficient (Wildman–Crippen LogP) is 2.09. The minimum Gasteiger partial charge on any atom is -0.311 e. The van der Waals surface area contributed by atoms with Gasteiger partial charge in [-0.25, -0.2) is 0 Å². The van der Waals surface area contributed by atoms with Crippen LogP contribution in [0.1, 0.15) is 33.1 Å². The molecule has 0 aromatic rings. The van der Waals surface area contributed by atoms with Gasteiger partial charge in [0.1, 0.15) is 0 Å². The van der Waals surface area contributed by atoms with Crippen LogP contribution in [-0.4, -0.2) is 12.1 Å². The first kappa shape index (κ1) is 7.80. The molecule has 1 rings (SSSR count). The third-order valence-corrected chi connectivity index (χ3v) is 2.33. The maximum absolute atomic E-state index is 3.89. The molecule has 0 spiro atoms. The SMILES string of the molecule is C=C(C)CCC1(C)CCN1. The fourth-order valence-corrected chi connectivity index (χ4v) is 1.25. The standard InChI is InChI=1S/C9H17N/c1-8(2)4-5-9(3)6-7-10-9/h10H,1,4-7H2,2-3H3. The number of nitrogens with one attached hydrogen (secondary N) is 1. The molecule has 1 heterocycles. The summed E-state index contributed by atoms with van der Waals surface area (Å²) in [4.78, 5) is 0. The first-order chi connectivity index (χ1) is 4.62. The van der Waals surface area contributed by atoms with Gasteiger partial charge in [-0.1, -0.05) is 5.57 Å². The predicted molar refractivity (Wildman–Crippen MR) is 45.1 cm³/mol. The second-order valence-electron chi connectivity index (χ2n) is 3.69. The average molecular weight is 139 g/mol. The molecule has 1 heteroatoms. The van der Waals surface area contributed by atoms with Crippen molar-refractivity contribution in [1.29, 1.82) is 0 Å². The quantitative estimate of drug-likeness (QED) is 0.590. The van der Waals surface area contributed by atoms with E-state index in [1.54, 1.807) is 0 Å². The third-order valence-electron chi connectivity index (χ3n) is 2.33. The minimum absolute atomic E-state index is 0.443. The summed E-state index contributed by atoms with van der Waals surface area (Å²) in [5, 5.41) is 3.44. The molecular formula is C9H17N. The van der Waals surface area contributed by atoms with Crippen molar-refractivity contribution in [2.45, 2.75) is 38.6 Å². The van der Waals surface area contributed by atoms with Gasteiger partial charge in [0.15, 0.2) is 0 Å². The Morgan fingerprint density at radius 3 is 2.60 bits per heavy atom. The van der Waals surface area contributed by atoms with Gasteiger partial charge in [0.05, 0.1) is 0 Å². The molecule has 10 heavy (non-hydrogen) atoms. The Kier molecular flexibility index (Phi) is 2.14. The largest absolute Gasteiger partial charge is 0.311 e. The summed E-state index contributed by atoms with van der Waals surface area (Å²) in [7, 11) is 0. The summed E-state index contributed by atoms with van der Waals surface area (Å²) >= 11 is 0. The molecule has 0 aliphatic carbocycles. The highest BCUT2D eigenvalue weighted by Gasteiger charge is 2.29. The molecule has 0 saturated carbocycles. The molecule has 58 valence electrons. The summed E-state index contributed by atoms with van der Waals surface area (Å²) in [6, 6.07) is 0. The van der Waals surface area contributed by atoms with Gasteiger partial charge < -0.3 is 5.32 Å². The highest BCUT2D eigenvalue weighted by molar-refractivity contribution is 4.97. The van der Waals surface area contributed by atoms with E-state index in [0.29, 0.717) is 5.54 Å². The summed E-state index contributed by atoms with van der Waals surface area (Å²) in [6.45, 7) is 9.48. The van der Waals surface area contributed by atoms with E-state index >= 15 is 0 Å².